The molecule has 4 nitrogen and oxygen atoms in total. The number of hydrogen-bond donors (Lipinski definition) is 0. The van der Waals surface area contributed by atoms with Gasteiger partial charge in [0.05, 0.1) is 11.9 Å². The molecule has 0 aromatic carbocycles. The Labute approximate surface area is 98.5 Å². The van der Waals surface area contributed by atoms with E-state index in [1.54, 1.807) is 12.4 Å². The number of carbonyl (C=O) groups excluding carboxylic acids is 1. The van der Waals surface area contributed by atoms with E-state index < -0.39 is 0 Å². The Bertz CT molecular complexity index is 420. The summed E-state index contributed by atoms with van der Waals surface area (Å²) in [7, 11) is 0. The maximum absolute atomic E-state index is 12.2. The van der Waals surface area contributed by atoms with Gasteiger partial charge in [-0.05, 0) is 13.3 Å². The number of amides is 1. The Balaban J connectivity index is 1.80. The predicted octanol–water partition coefficient (Wildman–Crippen LogP) is 1.11. The van der Waals surface area contributed by atoms with E-state index in [0.717, 1.165) is 24.4 Å². The molecule has 3 heterocycles. The minimum Gasteiger partial charge on any atom is -0.332 e. The Hall–Kier alpha value is -1.10. The monoisotopic (exact) mass is 235 g/mol. The fraction of sp³-hybridized carbons (Fsp3) is 0.545. The van der Waals surface area contributed by atoms with Crippen molar-refractivity contribution in [1.29, 1.82) is 0 Å². The normalized spacial score (nSPS) is 27.4. The minimum atomic E-state index is 0.0419. The van der Waals surface area contributed by atoms with Crippen molar-refractivity contribution in [1.82, 2.24) is 14.9 Å². The molecule has 0 N–H and O–H groups in total. The molecule has 3 rings (SSSR count). The standard InChI is InChI=1S/C11H13N3OS/c1-7-3-13-10(4-12-7)11(15)14-5-9-2-8(14)6-16-9/h3-4,8-9H,2,5-6H2,1H3. The van der Waals surface area contributed by atoms with Gasteiger partial charge in [-0.1, -0.05) is 0 Å². The lowest BCUT2D eigenvalue weighted by Crippen LogP contribution is -2.39. The number of fused-ring (bicyclic) bond motifs is 2. The second-order valence-electron chi connectivity index (χ2n) is 4.35. The van der Waals surface area contributed by atoms with E-state index in [2.05, 4.69) is 9.97 Å². The number of rotatable bonds is 1. The molecule has 0 aliphatic carbocycles. The molecular formula is C11H13N3OS. The molecule has 2 aliphatic heterocycles. The smallest absolute Gasteiger partial charge is 0.274 e. The van der Waals surface area contributed by atoms with Crippen LogP contribution in [0.15, 0.2) is 12.4 Å². The second kappa shape index (κ2) is 3.73. The molecule has 0 saturated carbocycles. The maximum atomic E-state index is 12.2. The van der Waals surface area contributed by atoms with Gasteiger partial charge in [0, 0.05) is 29.8 Å². The SMILES string of the molecule is Cc1cnc(C(=O)N2CC3CC2CS3)cn1. The lowest BCUT2D eigenvalue weighted by Gasteiger charge is -2.26. The fourth-order valence-electron chi connectivity index (χ4n) is 2.30. The molecule has 5 heteroatoms. The molecule has 2 atom stereocenters. The third-order valence-corrected chi connectivity index (χ3v) is 4.55. The van der Waals surface area contributed by atoms with Gasteiger partial charge in [0.15, 0.2) is 0 Å². The van der Waals surface area contributed by atoms with Crippen LogP contribution in [0, 0.1) is 6.92 Å². The van der Waals surface area contributed by atoms with E-state index in [0.29, 0.717) is 17.0 Å². The first-order valence-electron chi connectivity index (χ1n) is 5.45. The van der Waals surface area contributed by atoms with Crippen LogP contribution in [0.1, 0.15) is 22.6 Å². The molecule has 2 fully saturated rings. The van der Waals surface area contributed by atoms with Crippen LogP contribution in [0.4, 0.5) is 0 Å². The molecule has 0 radical (unpaired) electrons. The summed E-state index contributed by atoms with van der Waals surface area (Å²) >= 11 is 1.98. The van der Waals surface area contributed by atoms with Gasteiger partial charge in [-0.15, -0.1) is 0 Å². The third-order valence-electron chi connectivity index (χ3n) is 3.16. The van der Waals surface area contributed by atoms with Gasteiger partial charge >= 0.3 is 0 Å². The predicted molar refractivity (Wildman–Crippen MR) is 62.5 cm³/mol. The molecule has 1 aromatic rings. The summed E-state index contributed by atoms with van der Waals surface area (Å²) < 4.78 is 0. The molecule has 1 amide bonds. The van der Waals surface area contributed by atoms with Gasteiger partial charge in [-0.25, -0.2) is 4.98 Å². The topological polar surface area (TPSA) is 46.1 Å². The molecule has 2 aliphatic rings. The lowest BCUT2D eigenvalue weighted by molar-refractivity contribution is 0.0741. The summed E-state index contributed by atoms with van der Waals surface area (Å²) in [6, 6.07) is 0.422. The van der Waals surface area contributed by atoms with Gasteiger partial charge in [0.2, 0.25) is 0 Å². The van der Waals surface area contributed by atoms with Crippen LogP contribution in [-0.4, -0.2) is 44.4 Å². The zero-order valence-electron chi connectivity index (χ0n) is 9.09. The van der Waals surface area contributed by atoms with Crippen molar-refractivity contribution in [3.05, 3.63) is 23.8 Å². The highest BCUT2D eigenvalue weighted by molar-refractivity contribution is 8.00. The van der Waals surface area contributed by atoms with Gasteiger partial charge in [-0.3, -0.25) is 9.78 Å². The number of thioether (sulfide) groups is 1. The summed E-state index contributed by atoms with van der Waals surface area (Å²) in [6.07, 6.45) is 4.38. The summed E-state index contributed by atoms with van der Waals surface area (Å²) in [5.41, 5.74) is 1.32. The summed E-state index contributed by atoms with van der Waals surface area (Å²) in [4.78, 5) is 22.4. The number of aromatic nitrogens is 2. The van der Waals surface area contributed by atoms with Crippen molar-refractivity contribution < 1.29 is 4.79 Å². The van der Waals surface area contributed by atoms with Crippen LogP contribution in [0.5, 0.6) is 0 Å². The Morgan fingerprint density at radius 3 is 2.94 bits per heavy atom. The van der Waals surface area contributed by atoms with Crippen LogP contribution >= 0.6 is 11.8 Å². The van der Waals surface area contributed by atoms with Gasteiger partial charge in [-0.2, -0.15) is 11.8 Å². The highest BCUT2D eigenvalue weighted by atomic mass is 32.2. The number of hydrogen-bond acceptors (Lipinski definition) is 4. The first-order valence-corrected chi connectivity index (χ1v) is 6.50. The summed E-state index contributed by atoms with van der Waals surface area (Å²) in [5, 5.41) is 0.646. The average Bonchev–Trinajstić information content (AvgIpc) is 2.91. The number of aryl methyl sites for hydroxylation is 1. The molecular weight excluding hydrogens is 222 g/mol. The number of nitrogens with zero attached hydrogens (tertiary/aromatic N) is 3. The van der Waals surface area contributed by atoms with Crippen molar-refractivity contribution in [3.63, 3.8) is 0 Å². The van der Waals surface area contributed by atoms with E-state index >= 15 is 0 Å². The van der Waals surface area contributed by atoms with Gasteiger partial charge < -0.3 is 4.90 Å². The number of carbonyl (C=O) groups is 1. The van der Waals surface area contributed by atoms with Crippen LogP contribution in [0.3, 0.4) is 0 Å². The van der Waals surface area contributed by atoms with Crippen LogP contribution in [0.25, 0.3) is 0 Å². The molecule has 0 spiro atoms. The Kier molecular flexibility index (Phi) is 2.35. The second-order valence-corrected chi connectivity index (χ2v) is 5.68. The van der Waals surface area contributed by atoms with Crippen molar-refractivity contribution >= 4 is 17.7 Å². The Morgan fingerprint density at radius 1 is 1.50 bits per heavy atom. The first kappa shape index (κ1) is 10.1. The van der Waals surface area contributed by atoms with E-state index in [1.807, 2.05) is 23.6 Å². The van der Waals surface area contributed by atoms with E-state index in [9.17, 15) is 4.79 Å². The molecule has 84 valence electrons. The zero-order valence-corrected chi connectivity index (χ0v) is 9.91. The molecule has 2 bridgehead atoms. The highest BCUT2D eigenvalue weighted by Gasteiger charge is 2.41. The van der Waals surface area contributed by atoms with Crippen molar-refractivity contribution in [2.75, 3.05) is 12.3 Å². The number of likely N-dealkylation sites (tertiary alicyclic amines) is 1. The van der Waals surface area contributed by atoms with Crippen LogP contribution in [-0.2, 0) is 0 Å². The van der Waals surface area contributed by atoms with Gasteiger partial charge in [0.25, 0.3) is 5.91 Å². The van der Waals surface area contributed by atoms with Crippen molar-refractivity contribution in [3.8, 4) is 0 Å². The quantitative estimate of drug-likeness (QED) is 0.731. The lowest BCUT2D eigenvalue weighted by atomic mass is 10.2. The summed E-state index contributed by atoms with van der Waals surface area (Å²) in [5.74, 6) is 1.12. The largest absolute Gasteiger partial charge is 0.332 e. The van der Waals surface area contributed by atoms with Crippen molar-refractivity contribution in [2.45, 2.75) is 24.6 Å². The zero-order chi connectivity index (χ0) is 11.1. The van der Waals surface area contributed by atoms with Gasteiger partial charge in [0.1, 0.15) is 5.69 Å². The van der Waals surface area contributed by atoms with Crippen LogP contribution < -0.4 is 0 Å². The van der Waals surface area contributed by atoms with E-state index in [4.69, 9.17) is 0 Å². The maximum Gasteiger partial charge on any atom is 0.274 e. The molecule has 16 heavy (non-hydrogen) atoms. The Morgan fingerprint density at radius 2 is 2.38 bits per heavy atom. The average molecular weight is 235 g/mol. The molecule has 2 unspecified atom stereocenters. The molecule has 2 saturated heterocycles. The highest BCUT2D eigenvalue weighted by Crippen LogP contribution is 2.37. The van der Waals surface area contributed by atoms with E-state index in [1.165, 1.54) is 0 Å². The minimum absolute atomic E-state index is 0.0419. The summed E-state index contributed by atoms with van der Waals surface area (Å²) in [6.45, 7) is 2.75. The van der Waals surface area contributed by atoms with E-state index in [-0.39, 0.29) is 5.91 Å². The third kappa shape index (κ3) is 1.59. The van der Waals surface area contributed by atoms with Crippen molar-refractivity contribution in [2.24, 2.45) is 0 Å². The van der Waals surface area contributed by atoms with Crippen LogP contribution in [0.2, 0.25) is 0 Å². The first-order chi connectivity index (χ1) is 7.74. The molecule has 1 aromatic heterocycles. The fourth-order valence-corrected chi connectivity index (χ4v) is 3.73.